The molecule has 0 aliphatic carbocycles. The Balaban J connectivity index is 2.08. The van der Waals surface area contributed by atoms with Crippen LogP contribution in [0.15, 0.2) is 30.3 Å². The van der Waals surface area contributed by atoms with Crippen LogP contribution in [0.2, 0.25) is 0 Å². The number of carbonyl (C=O) groups is 2. The summed E-state index contributed by atoms with van der Waals surface area (Å²) in [4.78, 5) is 23.9. The number of amides is 1. The summed E-state index contributed by atoms with van der Waals surface area (Å²) in [7, 11) is 0. The van der Waals surface area contributed by atoms with Crippen molar-refractivity contribution < 1.29 is 28.9 Å². The molecule has 24 heavy (non-hydrogen) atoms. The second-order valence-electron chi connectivity index (χ2n) is 6.70. The monoisotopic (exact) mass is 337 g/mol. The second-order valence-corrected chi connectivity index (χ2v) is 6.70. The van der Waals surface area contributed by atoms with Gasteiger partial charge in [-0.25, -0.2) is 9.59 Å². The van der Waals surface area contributed by atoms with E-state index in [1.165, 1.54) is 0 Å². The van der Waals surface area contributed by atoms with Crippen LogP contribution >= 0.6 is 0 Å². The zero-order valence-electron chi connectivity index (χ0n) is 14.1. The summed E-state index contributed by atoms with van der Waals surface area (Å²) in [6, 6.07) is 9.37. The lowest BCUT2D eigenvalue weighted by Crippen LogP contribution is -2.63. The first-order chi connectivity index (χ1) is 11.2. The number of carboxylic acids is 1. The van der Waals surface area contributed by atoms with E-state index >= 15 is 0 Å². The third-order valence-corrected chi connectivity index (χ3v) is 3.55. The molecule has 1 aliphatic heterocycles. The lowest BCUT2D eigenvalue weighted by atomic mass is 9.96. The summed E-state index contributed by atoms with van der Waals surface area (Å²) in [5.41, 5.74) is -1.50. The predicted octanol–water partition coefficient (Wildman–Crippen LogP) is 1.95. The fraction of sp³-hybridized carbons (Fsp3) is 0.529. The molecule has 2 N–H and O–H groups in total. The fourth-order valence-electron chi connectivity index (χ4n) is 2.38. The minimum atomic E-state index is -1.67. The third kappa shape index (κ3) is 4.46. The van der Waals surface area contributed by atoms with Crippen molar-refractivity contribution in [3.05, 3.63) is 35.9 Å². The van der Waals surface area contributed by atoms with Crippen LogP contribution in [0, 0.1) is 0 Å². The first kappa shape index (κ1) is 18.2. The molecule has 0 saturated carbocycles. The predicted molar refractivity (Wildman–Crippen MR) is 85.6 cm³/mol. The van der Waals surface area contributed by atoms with Gasteiger partial charge in [-0.05, 0) is 26.3 Å². The molecule has 1 aliphatic rings. The lowest BCUT2D eigenvalue weighted by Gasteiger charge is -2.31. The normalized spacial score (nSPS) is 23.7. The summed E-state index contributed by atoms with van der Waals surface area (Å²) in [6.45, 7) is 5.23. The molecule has 1 aromatic rings. The Morgan fingerprint density at radius 1 is 1.33 bits per heavy atom. The second kappa shape index (κ2) is 7.19. The van der Waals surface area contributed by atoms with Crippen molar-refractivity contribution in [1.29, 1.82) is 0 Å². The zero-order chi connectivity index (χ0) is 17.8. The molecule has 7 heteroatoms. The van der Waals surface area contributed by atoms with E-state index in [-0.39, 0.29) is 19.8 Å². The van der Waals surface area contributed by atoms with Gasteiger partial charge in [0, 0.05) is 0 Å². The highest BCUT2D eigenvalue weighted by Crippen LogP contribution is 2.25. The van der Waals surface area contributed by atoms with Crippen molar-refractivity contribution in [3.63, 3.8) is 0 Å². The van der Waals surface area contributed by atoms with Gasteiger partial charge in [0.1, 0.15) is 11.7 Å². The summed E-state index contributed by atoms with van der Waals surface area (Å²) in [5, 5.41) is 12.1. The van der Waals surface area contributed by atoms with Gasteiger partial charge < -0.3 is 24.6 Å². The molecule has 2 atom stereocenters. The Kier molecular flexibility index (Phi) is 5.46. The first-order valence-electron chi connectivity index (χ1n) is 7.71. The average molecular weight is 337 g/mol. The number of alkyl carbamates (subject to hydrolysis) is 1. The van der Waals surface area contributed by atoms with Crippen molar-refractivity contribution in [2.75, 3.05) is 13.2 Å². The number of carboxylic acid groups (broad SMARTS) is 1. The van der Waals surface area contributed by atoms with E-state index in [4.69, 9.17) is 14.2 Å². The molecule has 2 unspecified atom stereocenters. The topological polar surface area (TPSA) is 94.1 Å². The number of aliphatic carboxylic acids is 1. The molecule has 7 nitrogen and oxygen atoms in total. The number of hydrogen-bond acceptors (Lipinski definition) is 5. The van der Waals surface area contributed by atoms with Gasteiger partial charge in [0.05, 0.1) is 19.8 Å². The quantitative estimate of drug-likeness (QED) is 0.853. The van der Waals surface area contributed by atoms with E-state index in [1.54, 1.807) is 20.8 Å². The van der Waals surface area contributed by atoms with Crippen molar-refractivity contribution in [2.24, 2.45) is 0 Å². The number of rotatable bonds is 5. The van der Waals surface area contributed by atoms with Gasteiger partial charge in [-0.1, -0.05) is 30.3 Å². The van der Waals surface area contributed by atoms with E-state index < -0.39 is 29.3 Å². The highest BCUT2D eigenvalue weighted by Gasteiger charge is 2.53. The van der Waals surface area contributed by atoms with Crippen LogP contribution < -0.4 is 5.32 Å². The maximum Gasteiger partial charge on any atom is 0.408 e. The van der Waals surface area contributed by atoms with Crippen molar-refractivity contribution >= 4 is 12.1 Å². The summed E-state index contributed by atoms with van der Waals surface area (Å²) in [5.74, 6) is -1.22. The number of benzene rings is 1. The molecule has 1 fully saturated rings. The maximum atomic E-state index is 12.0. The van der Waals surface area contributed by atoms with Crippen LogP contribution in [0.4, 0.5) is 4.79 Å². The van der Waals surface area contributed by atoms with E-state index in [9.17, 15) is 14.7 Å². The van der Waals surface area contributed by atoms with Crippen molar-refractivity contribution in [3.8, 4) is 0 Å². The van der Waals surface area contributed by atoms with Gasteiger partial charge in [-0.15, -0.1) is 0 Å². The third-order valence-electron chi connectivity index (χ3n) is 3.55. The largest absolute Gasteiger partial charge is 0.479 e. The van der Waals surface area contributed by atoms with E-state index in [0.29, 0.717) is 0 Å². The van der Waals surface area contributed by atoms with Crippen molar-refractivity contribution in [2.45, 2.75) is 44.6 Å². The van der Waals surface area contributed by atoms with Gasteiger partial charge in [0.2, 0.25) is 0 Å². The Morgan fingerprint density at radius 2 is 2.00 bits per heavy atom. The maximum absolute atomic E-state index is 12.0. The van der Waals surface area contributed by atoms with Gasteiger partial charge in [0.15, 0.2) is 5.54 Å². The first-order valence-corrected chi connectivity index (χ1v) is 7.71. The fourth-order valence-corrected chi connectivity index (χ4v) is 2.38. The Morgan fingerprint density at radius 3 is 2.58 bits per heavy atom. The highest BCUT2D eigenvalue weighted by molar-refractivity contribution is 5.86. The molecular formula is C17H23NO6. The summed E-state index contributed by atoms with van der Waals surface area (Å²) < 4.78 is 16.2. The Labute approximate surface area is 140 Å². The van der Waals surface area contributed by atoms with Crippen LogP contribution in [-0.4, -0.2) is 47.6 Å². The van der Waals surface area contributed by atoms with E-state index in [1.807, 2.05) is 30.3 Å². The molecule has 132 valence electrons. The molecular weight excluding hydrogens is 314 g/mol. The number of ether oxygens (including phenoxy) is 3. The Hall–Kier alpha value is -2.12. The van der Waals surface area contributed by atoms with Crippen LogP contribution in [-0.2, 0) is 25.6 Å². The molecule has 0 bridgehead atoms. The summed E-state index contributed by atoms with van der Waals surface area (Å²) >= 11 is 0. The van der Waals surface area contributed by atoms with Gasteiger partial charge in [-0.2, -0.15) is 0 Å². The molecule has 2 rings (SSSR count). The van der Waals surface area contributed by atoms with E-state index in [0.717, 1.165) is 5.56 Å². The minimum absolute atomic E-state index is 0.0783. The molecule has 0 aromatic heterocycles. The number of nitrogens with one attached hydrogen (secondary N) is 1. The Bertz CT molecular complexity index is 582. The SMILES string of the molecule is CC(C)(C)OC(=O)NC1(C(=O)O)COCC1OCc1ccccc1. The minimum Gasteiger partial charge on any atom is -0.479 e. The highest BCUT2D eigenvalue weighted by atomic mass is 16.6. The van der Waals surface area contributed by atoms with Crippen LogP contribution in [0.5, 0.6) is 0 Å². The molecule has 0 radical (unpaired) electrons. The van der Waals surface area contributed by atoms with Crippen LogP contribution in [0.25, 0.3) is 0 Å². The zero-order valence-corrected chi connectivity index (χ0v) is 14.1. The van der Waals surface area contributed by atoms with Gasteiger partial charge >= 0.3 is 12.1 Å². The molecule has 0 spiro atoms. The summed E-state index contributed by atoms with van der Waals surface area (Å²) in [6.07, 6.45) is -1.63. The van der Waals surface area contributed by atoms with Crippen LogP contribution in [0.1, 0.15) is 26.3 Å². The van der Waals surface area contributed by atoms with Crippen molar-refractivity contribution in [1.82, 2.24) is 5.32 Å². The smallest absolute Gasteiger partial charge is 0.408 e. The van der Waals surface area contributed by atoms with Crippen LogP contribution in [0.3, 0.4) is 0 Å². The number of carbonyl (C=O) groups excluding carboxylic acids is 1. The lowest BCUT2D eigenvalue weighted by molar-refractivity contribution is -0.150. The standard InChI is InChI=1S/C17H23NO6/c1-16(2,3)24-15(21)18-17(14(19)20)11-22-10-13(17)23-9-12-7-5-4-6-8-12/h4-8,13H,9-11H2,1-3H3,(H,18,21)(H,19,20). The van der Waals surface area contributed by atoms with Gasteiger partial charge in [0.25, 0.3) is 0 Å². The molecule has 1 saturated heterocycles. The number of hydrogen-bond donors (Lipinski definition) is 2. The molecule has 1 amide bonds. The molecule has 1 heterocycles. The molecule has 1 aromatic carbocycles. The van der Waals surface area contributed by atoms with E-state index in [2.05, 4.69) is 5.32 Å². The van der Waals surface area contributed by atoms with Gasteiger partial charge in [-0.3, -0.25) is 0 Å². The average Bonchev–Trinajstić information content (AvgIpc) is 2.88.